The SMILES string of the molecule is CCOc1ccc2oc(C(=O)Nc3cccc(S(=O)(=O)N4CCCCC4)c3)c(C)c2c1. The van der Waals surface area contributed by atoms with Crippen molar-refractivity contribution >= 4 is 32.6 Å². The second-order valence-electron chi connectivity index (χ2n) is 7.59. The maximum atomic E-state index is 12.9. The number of carbonyl (C=O) groups excluding carboxylic acids is 1. The van der Waals surface area contributed by atoms with E-state index in [9.17, 15) is 13.2 Å². The average Bonchev–Trinajstić information content (AvgIpc) is 3.11. The second-order valence-corrected chi connectivity index (χ2v) is 9.53. The van der Waals surface area contributed by atoms with Gasteiger partial charge in [0.05, 0.1) is 11.5 Å². The predicted molar refractivity (Wildman–Crippen MR) is 119 cm³/mol. The first kappa shape index (κ1) is 21.4. The first-order chi connectivity index (χ1) is 14.9. The number of ether oxygens (including phenoxy) is 1. The van der Waals surface area contributed by atoms with Crippen LogP contribution in [-0.4, -0.2) is 38.3 Å². The van der Waals surface area contributed by atoms with Crippen LogP contribution in [0.3, 0.4) is 0 Å². The number of sulfonamides is 1. The molecule has 2 aromatic carbocycles. The lowest BCUT2D eigenvalue weighted by Gasteiger charge is -2.26. The molecule has 0 saturated carbocycles. The van der Waals surface area contributed by atoms with E-state index in [1.165, 1.54) is 10.4 Å². The standard InChI is InChI=1S/C23H26N2O5S/c1-3-29-18-10-11-21-20(15-18)16(2)22(30-21)23(26)24-17-8-7-9-19(14-17)31(27,28)25-12-5-4-6-13-25/h7-11,14-15H,3-6,12-13H2,1-2H3,(H,24,26). The summed E-state index contributed by atoms with van der Waals surface area (Å²) in [4.78, 5) is 13.1. The van der Waals surface area contributed by atoms with Crippen LogP contribution in [0.2, 0.25) is 0 Å². The molecular formula is C23H26N2O5S. The van der Waals surface area contributed by atoms with E-state index < -0.39 is 15.9 Å². The Morgan fingerprint density at radius 2 is 1.90 bits per heavy atom. The van der Waals surface area contributed by atoms with Gasteiger partial charge in [-0.25, -0.2) is 8.42 Å². The minimum Gasteiger partial charge on any atom is -0.494 e. The Morgan fingerprint density at radius 1 is 1.13 bits per heavy atom. The van der Waals surface area contributed by atoms with Gasteiger partial charge in [-0.15, -0.1) is 0 Å². The highest BCUT2D eigenvalue weighted by molar-refractivity contribution is 7.89. The van der Waals surface area contributed by atoms with E-state index in [0.717, 1.165) is 24.6 Å². The summed E-state index contributed by atoms with van der Waals surface area (Å²) in [7, 11) is -3.58. The molecule has 0 bridgehead atoms. The Kier molecular flexibility index (Phi) is 6.02. The third-order valence-corrected chi connectivity index (χ3v) is 7.36. The molecule has 4 rings (SSSR count). The maximum Gasteiger partial charge on any atom is 0.291 e. The molecule has 0 spiro atoms. The molecule has 7 nitrogen and oxygen atoms in total. The van der Waals surface area contributed by atoms with Gasteiger partial charge >= 0.3 is 0 Å². The van der Waals surface area contributed by atoms with Crippen LogP contribution in [0.15, 0.2) is 51.8 Å². The van der Waals surface area contributed by atoms with Crippen molar-refractivity contribution in [2.45, 2.75) is 38.0 Å². The summed E-state index contributed by atoms with van der Waals surface area (Å²) in [6, 6.07) is 11.8. The number of nitrogens with one attached hydrogen (secondary N) is 1. The van der Waals surface area contributed by atoms with Crippen LogP contribution in [0.25, 0.3) is 11.0 Å². The van der Waals surface area contributed by atoms with Crippen LogP contribution in [0, 0.1) is 6.92 Å². The Bertz CT molecular complexity index is 1210. The molecule has 0 unspecified atom stereocenters. The van der Waals surface area contributed by atoms with Crippen molar-refractivity contribution in [2.24, 2.45) is 0 Å². The average molecular weight is 443 g/mol. The van der Waals surface area contributed by atoms with Gasteiger partial charge in [-0.05, 0) is 63.1 Å². The number of furan rings is 1. The van der Waals surface area contributed by atoms with Gasteiger partial charge in [0.2, 0.25) is 10.0 Å². The first-order valence-corrected chi connectivity index (χ1v) is 11.9. The molecule has 3 aromatic rings. The van der Waals surface area contributed by atoms with Crippen molar-refractivity contribution in [1.29, 1.82) is 0 Å². The zero-order valence-corrected chi connectivity index (χ0v) is 18.5. The molecule has 1 N–H and O–H groups in total. The van der Waals surface area contributed by atoms with Gasteiger partial charge < -0.3 is 14.5 Å². The normalized spacial score (nSPS) is 15.2. The molecule has 31 heavy (non-hydrogen) atoms. The molecule has 0 radical (unpaired) electrons. The van der Waals surface area contributed by atoms with E-state index in [1.54, 1.807) is 30.3 Å². The number of amides is 1. The van der Waals surface area contributed by atoms with E-state index in [4.69, 9.17) is 9.15 Å². The highest BCUT2D eigenvalue weighted by Gasteiger charge is 2.26. The maximum absolute atomic E-state index is 12.9. The number of benzene rings is 2. The fourth-order valence-corrected chi connectivity index (χ4v) is 5.41. The molecule has 8 heteroatoms. The summed E-state index contributed by atoms with van der Waals surface area (Å²) in [6.07, 6.45) is 2.78. The topological polar surface area (TPSA) is 88.8 Å². The number of piperidine rings is 1. The monoisotopic (exact) mass is 442 g/mol. The van der Waals surface area contributed by atoms with E-state index >= 15 is 0 Å². The van der Waals surface area contributed by atoms with Crippen molar-refractivity contribution in [1.82, 2.24) is 4.31 Å². The summed E-state index contributed by atoms with van der Waals surface area (Å²) in [5.74, 6) is 0.466. The van der Waals surface area contributed by atoms with Gasteiger partial charge in [-0.2, -0.15) is 4.31 Å². The Balaban J connectivity index is 1.58. The first-order valence-electron chi connectivity index (χ1n) is 10.5. The van der Waals surface area contributed by atoms with Crippen LogP contribution in [0.1, 0.15) is 42.3 Å². The lowest BCUT2D eigenvalue weighted by Crippen LogP contribution is -2.35. The van der Waals surface area contributed by atoms with Crippen molar-refractivity contribution < 1.29 is 22.4 Å². The fourth-order valence-electron chi connectivity index (χ4n) is 3.85. The number of fused-ring (bicyclic) bond motifs is 1. The number of anilines is 1. The van der Waals surface area contributed by atoms with Crippen LogP contribution >= 0.6 is 0 Å². The summed E-state index contributed by atoms with van der Waals surface area (Å²) >= 11 is 0. The van der Waals surface area contributed by atoms with Crippen LogP contribution in [0.4, 0.5) is 5.69 Å². The van der Waals surface area contributed by atoms with Gasteiger partial charge in [0.25, 0.3) is 5.91 Å². The molecule has 1 saturated heterocycles. The largest absolute Gasteiger partial charge is 0.494 e. The highest BCUT2D eigenvalue weighted by Crippen LogP contribution is 2.30. The Labute approximate surface area is 182 Å². The molecule has 1 aliphatic heterocycles. The smallest absolute Gasteiger partial charge is 0.291 e. The van der Waals surface area contributed by atoms with E-state index in [-0.39, 0.29) is 10.7 Å². The zero-order chi connectivity index (χ0) is 22.0. The Morgan fingerprint density at radius 3 is 2.65 bits per heavy atom. The zero-order valence-electron chi connectivity index (χ0n) is 17.7. The molecule has 1 aromatic heterocycles. The molecule has 1 aliphatic rings. The lowest BCUT2D eigenvalue weighted by atomic mass is 10.1. The van der Waals surface area contributed by atoms with Crippen molar-refractivity contribution in [3.63, 3.8) is 0 Å². The van der Waals surface area contributed by atoms with E-state index in [0.29, 0.717) is 42.3 Å². The van der Waals surface area contributed by atoms with Crippen LogP contribution in [0.5, 0.6) is 5.75 Å². The quantitative estimate of drug-likeness (QED) is 0.604. The summed E-state index contributed by atoms with van der Waals surface area (Å²) in [6.45, 7) is 5.33. The third-order valence-electron chi connectivity index (χ3n) is 5.47. The van der Waals surface area contributed by atoms with E-state index in [2.05, 4.69) is 5.32 Å². The molecule has 1 amide bonds. The minimum atomic E-state index is -3.58. The van der Waals surface area contributed by atoms with Gasteiger partial charge in [0.15, 0.2) is 5.76 Å². The lowest BCUT2D eigenvalue weighted by molar-refractivity contribution is 0.0998. The highest BCUT2D eigenvalue weighted by atomic mass is 32.2. The second kappa shape index (κ2) is 8.72. The molecule has 0 atom stereocenters. The predicted octanol–water partition coefficient (Wildman–Crippen LogP) is 4.57. The fraction of sp³-hybridized carbons (Fsp3) is 0.348. The molecular weight excluding hydrogens is 416 g/mol. The van der Waals surface area contributed by atoms with Gasteiger partial charge in [-0.3, -0.25) is 4.79 Å². The van der Waals surface area contributed by atoms with E-state index in [1.807, 2.05) is 19.9 Å². The van der Waals surface area contributed by atoms with Crippen LogP contribution in [-0.2, 0) is 10.0 Å². The van der Waals surface area contributed by atoms with Crippen molar-refractivity contribution in [3.05, 3.63) is 53.8 Å². The number of hydrogen-bond acceptors (Lipinski definition) is 5. The number of aryl methyl sites for hydroxylation is 1. The molecule has 1 fully saturated rings. The summed E-state index contributed by atoms with van der Waals surface area (Å²) < 4.78 is 38.7. The third kappa shape index (κ3) is 4.31. The van der Waals surface area contributed by atoms with Crippen molar-refractivity contribution in [2.75, 3.05) is 25.0 Å². The molecule has 164 valence electrons. The number of nitrogens with zero attached hydrogens (tertiary/aromatic N) is 1. The number of rotatable bonds is 6. The van der Waals surface area contributed by atoms with Gasteiger partial charge in [0, 0.05) is 29.7 Å². The van der Waals surface area contributed by atoms with Gasteiger partial charge in [0.1, 0.15) is 11.3 Å². The molecule has 2 heterocycles. The number of hydrogen-bond donors (Lipinski definition) is 1. The van der Waals surface area contributed by atoms with Crippen LogP contribution < -0.4 is 10.1 Å². The molecule has 0 aliphatic carbocycles. The number of carbonyl (C=O) groups is 1. The minimum absolute atomic E-state index is 0.176. The van der Waals surface area contributed by atoms with Crippen molar-refractivity contribution in [3.8, 4) is 5.75 Å². The van der Waals surface area contributed by atoms with Gasteiger partial charge in [-0.1, -0.05) is 12.5 Å². The summed E-state index contributed by atoms with van der Waals surface area (Å²) in [5, 5.41) is 3.57. The Hall–Kier alpha value is -2.84. The summed E-state index contributed by atoms with van der Waals surface area (Å²) in [5.41, 5.74) is 1.69.